The SMILES string of the molecule is CCC(C)CCCCCCCCCCC1CC(=O)NC(CC(N)=O)C(=O)NC(CCC(N)=O)C(=O)N2CCCC2C(=O)NC(Cc2ccc(O)cc2)C(=O)NC(CC(N)=O)C(=O)NC(CC(N)=O)C(=O)NC(CO)C(=O)NC(CC(N)=O)C(=O)N1. The lowest BCUT2D eigenvalue weighted by molar-refractivity contribution is -0.143. The number of fused-ring (bicyclic) bond motifs is 1. The van der Waals surface area contributed by atoms with Gasteiger partial charge in [0, 0.05) is 31.8 Å². The zero-order valence-corrected chi connectivity index (χ0v) is 48.3. The topological polar surface area (TPSA) is 509 Å². The first kappa shape index (κ1) is 70.8. The van der Waals surface area contributed by atoms with Crippen LogP contribution in [-0.4, -0.2) is 165 Å². The molecule has 1 aromatic carbocycles. The van der Waals surface area contributed by atoms with Gasteiger partial charge >= 0.3 is 0 Å². The fourth-order valence-corrected chi connectivity index (χ4v) is 9.74. The third-order valence-corrected chi connectivity index (χ3v) is 14.6. The molecule has 20 N–H and O–H groups in total. The fourth-order valence-electron chi connectivity index (χ4n) is 9.74. The van der Waals surface area contributed by atoms with E-state index in [4.69, 9.17) is 28.7 Å². The van der Waals surface area contributed by atoms with Crippen molar-refractivity contribution in [2.45, 2.75) is 203 Å². The number of aromatic hydroxyl groups is 1. The molecule has 85 heavy (non-hydrogen) atoms. The summed E-state index contributed by atoms with van der Waals surface area (Å²) in [4.78, 5) is 190. The lowest BCUT2D eigenvalue weighted by Crippen LogP contribution is -2.61. The number of rotatable bonds is 26. The predicted octanol–water partition coefficient (Wildman–Crippen LogP) is -4.09. The molecule has 10 unspecified atom stereocenters. The molecule has 30 nitrogen and oxygen atoms in total. The number of phenols is 1. The van der Waals surface area contributed by atoms with E-state index in [0.717, 1.165) is 56.3 Å². The van der Waals surface area contributed by atoms with Crippen LogP contribution in [0.25, 0.3) is 0 Å². The molecule has 1 aromatic rings. The fraction of sp³-hybridized carbons (Fsp3) is 0.636. The number of nitrogens with zero attached hydrogens (tertiary/aromatic N) is 1. The number of nitrogens with two attached hydrogens (primary N) is 5. The summed E-state index contributed by atoms with van der Waals surface area (Å²) in [6, 6.07) is -10.0. The smallest absolute Gasteiger partial charge is 0.245 e. The maximum Gasteiger partial charge on any atom is 0.245 e. The predicted molar refractivity (Wildman–Crippen MR) is 303 cm³/mol. The molecule has 0 spiro atoms. The number of primary amides is 5. The Labute approximate surface area is 492 Å². The Bertz CT molecular complexity index is 2530. The number of unbranched alkanes of at least 4 members (excludes halogenated alkanes) is 7. The molecule has 0 bridgehead atoms. The zero-order chi connectivity index (χ0) is 63.3. The summed E-state index contributed by atoms with van der Waals surface area (Å²) >= 11 is 0. The van der Waals surface area contributed by atoms with E-state index in [1.165, 1.54) is 24.3 Å². The number of nitrogens with one attached hydrogen (secondary N) is 8. The molecule has 30 heteroatoms. The van der Waals surface area contributed by atoms with Gasteiger partial charge in [0.15, 0.2) is 0 Å². The summed E-state index contributed by atoms with van der Waals surface area (Å²) < 4.78 is 0. The Morgan fingerprint density at radius 1 is 0.529 bits per heavy atom. The van der Waals surface area contributed by atoms with Crippen molar-refractivity contribution >= 4 is 82.7 Å². The number of carbonyl (C=O) groups is 14. The van der Waals surface area contributed by atoms with Gasteiger partial charge in [0.1, 0.15) is 54.1 Å². The van der Waals surface area contributed by atoms with Crippen LogP contribution in [0.1, 0.15) is 148 Å². The van der Waals surface area contributed by atoms with E-state index in [2.05, 4.69) is 56.4 Å². The second-order valence-corrected chi connectivity index (χ2v) is 21.7. The largest absolute Gasteiger partial charge is 0.508 e. The van der Waals surface area contributed by atoms with Gasteiger partial charge in [-0.3, -0.25) is 67.1 Å². The molecule has 2 aliphatic rings. The minimum absolute atomic E-state index is 0.0175. The van der Waals surface area contributed by atoms with Crippen LogP contribution < -0.4 is 71.2 Å². The summed E-state index contributed by atoms with van der Waals surface area (Å²) in [5.74, 6) is -15.2. The number of hydrogen-bond donors (Lipinski definition) is 15. The van der Waals surface area contributed by atoms with Crippen molar-refractivity contribution in [1.82, 2.24) is 47.4 Å². The van der Waals surface area contributed by atoms with Crippen molar-refractivity contribution in [3.05, 3.63) is 29.8 Å². The van der Waals surface area contributed by atoms with Crippen LogP contribution in [0.15, 0.2) is 24.3 Å². The number of amides is 14. The molecular formula is C55H86N14O16. The summed E-state index contributed by atoms with van der Waals surface area (Å²) in [7, 11) is 0. The summed E-state index contributed by atoms with van der Waals surface area (Å²) in [6.45, 7) is 3.07. The van der Waals surface area contributed by atoms with Crippen molar-refractivity contribution in [3.63, 3.8) is 0 Å². The number of aliphatic hydroxyl groups is 1. The van der Waals surface area contributed by atoms with Crippen LogP contribution >= 0.6 is 0 Å². The van der Waals surface area contributed by atoms with Gasteiger partial charge in [-0.1, -0.05) is 90.2 Å². The second kappa shape index (κ2) is 36.3. The number of carbonyl (C=O) groups excluding carboxylic acids is 14. The van der Waals surface area contributed by atoms with Crippen LogP contribution in [0, 0.1) is 5.92 Å². The van der Waals surface area contributed by atoms with Crippen molar-refractivity contribution < 1.29 is 77.3 Å². The van der Waals surface area contributed by atoms with Crippen LogP contribution in [0.3, 0.4) is 0 Å². The van der Waals surface area contributed by atoms with Crippen LogP contribution in [-0.2, 0) is 73.5 Å². The highest BCUT2D eigenvalue weighted by atomic mass is 16.3. The highest BCUT2D eigenvalue weighted by molar-refractivity contribution is 6.01. The minimum Gasteiger partial charge on any atom is -0.508 e. The van der Waals surface area contributed by atoms with Crippen molar-refractivity contribution in [2.24, 2.45) is 34.6 Å². The van der Waals surface area contributed by atoms with E-state index < -0.39 is 189 Å². The summed E-state index contributed by atoms with van der Waals surface area (Å²) in [6.07, 6.45) is 4.04. The van der Waals surface area contributed by atoms with Gasteiger partial charge in [-0.2, -0.15) is 0 Å². The van der Waals surface area contributed by atoms with Crippen molar-refractivity contribution in [2.75, 3.05) is 13.2 Å². The molecule has 2 heterocycles. The van der Waals surface area contributed by atoms with Gasteiger partial charge in [0.2, 0.25) is 82.7 Å². The quantitative estimate of drug-likeness (QED) is 0.0392. The molecular weight excluding hydrogens is 1110 g/mol. The van der Waals surface area contributed by atoms with Gasteiger partial charge in [-0.05, 0) is 49.3 Å². The van der Waals surface area contributed by atoms with Crippen molar-refractivity contribution in [1.29, 1.82) is 0 Å². The van der Waals surface area contributed by atoms with Crippen LogP contribution in [0.5, 0.6) is 5.75 Å². The van der Waals surface area contributed by atoms with E-state index in [9.17, 15) is 77.3 Å². The third-order valence-electron chi connectivity index (χ3n) is 14.6. The van der Waals surface area contributed by atoms with E-state index in [1.807, 2.05) is 0 Å². The number of aliphatic hydroxyl groups excluding tert-OH is 1. The Morgan fingerprint density at radius 3 is 1.44 bits per heavy atom. The number of hydrogen-bond acceptors (Lipinski definition) is 16. The van der Waals surface area contributed by atoms with Gasteiger partial charge in [-0.15, -0.1) is 0 Å². The van der Waals surface area contributed by atoms with Crippen LogP contribution in [0.4, 0.5) is 0 Å². The third kappa shape index (κ3) is 25.9. The first-order valence-electron chi connectivity index (χ1n) is 28.7. The normalized spacial score (nSPS) is 24.1. The van der Waals surface area contributed by atoms with Gasteiger partial charge < -0.3 is 86.3 Å². The molecule has 2 aliphatic heterocycles. The number of phenolic OH excluding ortho intramolecular Hbond substituents is 1. The van der Waals surface area contributed by atoms with E-state index in [-0.39, 0.29) is 38.0 Å². The van der Waals surface area contributed by atoms with E-state index >= 15 is 0 Å². The molecule has 2 fully saturated rings. The molecule has 10 atom stereocenters. The lowest BCUT2D eigenvalue weighted by Gasteiger charge is -2.31. The maximum absolute atomic E-state index is 14.5. The summed E-state index contributed by atoms with van der Waals surface area (Å²) in [5.41, 5.74) is 27.7. The average molecular weight is 1200 g/mol. The second-order valence-electron chi connectivity index (χ2n) is 21.7. The van der Waals surface area contributed by atoms with Gasteiger partial charge in [-0.25, -0.2) is 0 Å². The Hall–Kier alpha value is -8.44. The first-order valence-corrected chi connectivity index (χ1v) is 28.7. The lowest BCUT2D eigenvalue weighted by atomic mass is 9.99. The Morgan fingerprint density at radius 2 is 0.953 bits per heavy atom. The standard InChI is InChI=1S/C55H86N14O16/c1-3-30(2)13-10-8-6-4-5-7-9-11-14-32-24-47(77)62-36(25-43(57)73)50(80)63-34(20-21-42(56)72)55(85)69-22-12-15-41(69)54(84)67-35(23-31-16-18-33(71)19-17-31)49(79)64-38(27-45(59)75)51(81)65-39(28-46(60)76)52(82)68-40(29-70)53(83)66-37(26-44(58)74)48(78)61-32/h16-19,30,32,34-41,70-71H,3-15,20-29H2,1-2H3,(H2,56,72)(H2,57,73)(H2,58,74)(H2,59,75)(H2,60,76)(H,61,78)(H,62,77)(H,63,80)(H,64,79)(H,65,81)(H,66,83)(H,67,84)(H,68,82). The molecule has 14 amide bonds. The maximum atomic E-state index is 14.5. The molecule has 0 saturated carbocycles. The van der Waals surface area contributed by atoms with Crippen molar-refractivity contribution in [3.8, 4) is 5.75 Å². The molecule has 3 rings (SSSR count). The zero-order valence-electron chi connectivity index (χ0n) is 48.3. The number of benzene rings is 1. The van der Waals surface area contributed by atoms with Gasteiger partial charge in [0.05, 0.1) is 32.3 Å². The first-order chi connectivity index (χ1) is 40.2. The average Bonchev–Trinajstić information content (AvgIpc) is 4.17. The molecule has 0 radical (unpaired) electrons. The monoisotopic (exact) mass is 1200 g/mol. The molecule has 2 saturated heterocycles. The van der Waals surface area contributed by atoms with Gasteiger partial charge in [0.25, 0.3) is 0 Å². The molecule has 472 valence electrons. The molecule has 0 aromatic heterocycles. The van der Waals surface area contributed by atoms with Crippen LogP contribution in [0.2, 0.25) is 0 Å². The Balaban J connectivity index is 2.15. The minimum atomic E-state index is -2.00. The Kier molecular flexibility index (Phi) is 30.3. The molecule has 0 aliphatic carbocycles. The highest BCUT2D eigenvalue weighted by Gasteiger charge is 2.41. The highest BCUT2D eigenvalue weighted by Crippen LogP contribution is 2.22. The van der Waals surface area contributed by atoms with E-state index in [0.29, 0.717) is 24.3 Å². The summed E-state index contributed by atoms with van der Waals surface area (Å²) in [5, 5.41) is 39.1. The van der Waals surface area contributed by atoms with E-state index in [1.54, 1.807) is 0 Å².